The van der Waals surface area contributed by atoms with Crippen molar-refractivity contribution in [2.75, 3.05) is 0 Å². The van der Waals surface area contributed by atoms with Crippen molar-refractivity contribution in [3.05, 3.63) is 60.1 Å². The van der Waals surface area contributed by atoms with Crippen LogP contribution in [0.5, 0.6) is 0 Å². The summed E-state index contributed by atoms with van der Waals surface area (Å²) >= 11 is 0. The molecule has 0 saturated carbocycles. The SMILES string of the molecule is CC(=O)C1C(=O)C(=O)N(Cc2ccccc2)C1c1ccco1. The summed E-state index contributed by atoms with van der Waals surface area (Å²) in [6.45, 7) is 1.60. The third-order valence-corrected chi connectivity index (χ3v) is 3.87. The molecule has 0 spiro atoms. The summed E-state index contributed by atoms with van der Waals surface area (Å²) in [4.78, 5) is 37.8. The van der Waals surface area contributed by atoms with Gasteiger partial charge in [0, 0.05) is 6.54 Å². The second-order valence-corrected chi connectivity index (χ2v) is 5.33. The Morgan fingerprint density at radius 3 is 2.45 bits per heavy atom. The van der Waals surface area contributed by atoms with Crippen molar-refractivity contribution in [1.29, 1.82) is 0 Å². The van der Waals surface area contributed by atoms with Gasteiger partial charge in [0.15, 0.2) is 0 Å². The van der Waals surface area contributed by atoms with Crippen LogP contribution in [0.4, 0.5) is 0 Å². The zero-order chi connectivity index (χ0) is 15.7. The molecular weight excluding hydrogens is 282 g/mol. The largest absolute Gasteiger partial charge is 0.467 e. The van der Waals surface area contributed by atoms with Crippen molar-refractivity contribution in [2.45, 2.75) is 19.5 Å². The van der Waals surface area contributed by atoms with Crippen molar-refractivity contribution < 1.29 is 18.8 Å². The van der Waals surface area contributed by atoms with E-state index < -0.39 is 23.7 Å². The number of carbonyl (C=O) groups is 3. The Labute approximate surface area is 127 Å². The van der Waals surface area contributed by atoms with Crippen LogP contribution in [-0.2, 0) is 20.9 Å². The minimum absolute atomic E-state index is 0.264. The van der Waals surface area contributed by atoms with Gasteiger partial charge >= 0.3 is 0 Å². The number of Topliss-reactive ketones (excluding diaryl/α,β-unsaturated/α-hetero) is 2. The molecule has 112 valence electrons. The van der Waals surface area contributed by atoms with E-state index >= 15 is 0 Å². The highest BCUT2D eigenvalue weighted by molar-refractivity contribution is 6.42. The van der Waals surface area contributed by atoms with E-state index in [4.69, 9.17) is 4.42 Å². The van der Waals surface area contributed by atoms with Crippen LogP contribution in [-0.4, -0.2) is 22.4 Å². The summed E-state index contributed by atoms with van der Waals surface area (Å²) in [5, 5.41) is 0. The summed E-state index contributed by atoms with van der Waals surface area (Å²) in [5.74, 6) is -2.16. The van der Waals surface area contributed by atoms with Gasteiger partial charge in [-0.25, -0.2) is 0 Å². The number of hydrogen-bond acceptors (Lipinski definition) is 4. The first kappa shape index (κ1) is 14.3. The van der Waals surface area contributed by atoms with Gasteiger partial charge in [0.2, 0.25) is 5.78 Å². The first-order valence-corrected chi connectivity index (χ1v) is 7.02. The molecule has 22 heavy (non-hydrogen) atoms. The molecule has 0 N–H and O–H groups in total. The molecule has 5 heteroatoms. The summed E-state index contributed by atoms with van der Waals surface area (Å²) in [7, 11) is 0. The van der Waals surface area contributed by atoms with Crippen LogP contribution >= 0.6 is 0 Å². The highest BCUT2D eigenvalue weighted by Crippen LogP contribution is 2.37. The van der Waals surface area contributed by atoms with Gasteiger partial charge in [-0.1, -0.05) is 30.3 Å². The van der Waals surface area contributed by atoms with Crippen molar-refractivity contribution >= 4 is 17.5 Å². The zero-order valence-electron chi connectivity index (χ0n) is 12.1. The molecule has 5 nitrogen and oxygen atoms in total. The van der Waals surface area contributed by atoms with Gasteiger partial charge < -0.3 is 9.32 Å². The lowest BCUT2D eigenvalue weighted by atomic mass is 9.93. The molecular formula is C17H15NO4. The predicted octanol–water partition coefficient (Wildman–Crippen LogP) is 2.14. The summed E-state index contributed by atoms with van der Waals surface area (Å²) in [6.07, 6.45) is 1.47. The van der Waals surface area contributed by atoms with E-state index in [1.165, 1.54) is 18.1 Å². The highest BCUT2D eigenvalue weighted by Gasteiger charge is 2.51. The average Bonchev–Trinajstić information content (AvgIpc) is 3.10. The number of carbonyl (C=O) groups excluding carboxylic acids is 3. The van der Waals surface area contributed by atoms with Crippen LogP contribution in [0, 0.1) is 5.92 Å². The molecule has 2 atom stereocenters. The molecule has 1 aromatic heterocycles. The molecule has 0 radical (unpaired) electrons. The minimum Gasteiger partial charge on any atom is -0.467 e. The van der Waals surface area contributed by atoms with E-state index in [2.05, 4.69) is 0 Å². The summed E-state index contributed by atoms with van der Waals surface area (Å²) in [5.41, 5.74) is 0.893. The number of benzene rings is 1. The number of likely N-dealkylation sites (tertiary alicyclic amines) is 1. The van der Waals surface area contributed by atoms with Crippen LogP contribution in [0.1, 0.15) is 24.3 Å². The Balaban J connectivity index is 2.00. The lowest BCUT2D eigenvalue weighted by molar-refractivity contribution is -0.142. The maximum absolute atomic E-state index is 12.3. The number of amides is 1. The van der Waals surface area contributed by atoms with Crippen molar-refractivity contribution in [3.63, 3.8) is 0 Å². The van der Waals surface area contributed by atoms with Crippen LogP contribution in [0.15, 0.2) is 53.1 Å². The topological polar surface area (TPSA) is 67.6 Å². The lowest BCUT2D eigenvalue weighted by Gasteiger charge is -2.24. The molecule has 1 aromatic carbocycles. The quantitative estimate of drug-likeness (QED) is 0.640. The molecule has 0 aliphatic carbocycles. The van der Waals surface area contributed by atoms with E-state index in [1.807, 2.05) is 30.3 Å². The smallest absolute Gasteiger partial charge is 0.291 e. The van der Waals surface area contributed by atoms with Gasteiger partial charge in [-0.15, -0.1) is 0 Å². The maximum atomic E-state index is 12.3. The van der Waals surface area contributed by atoms with Crippen LogP contribution in [0.3, 0.4) is 0 Å². The fraction of sp³-hybridized carbons (Fsp3) is 0.235. The molecule has 2 aromatic rings. The standard InChI is InChI=1S/C17H15NO4/c1-11(19)14-15(13-8-5-9-22-13)18(17(21)16(14)20)10-12-6-3-2-4-7-12/h2-9,14-15H,10H2,1H3. The fourth-order valence-corrected chi connectivity index (χ4v) is 2.86. The summed E-state index contributed by atoms with van der Waals surface area (Å²) < 4.78 is 5.36. The molecule has 1 saturated heterocycles. The van der Waals surface area contributed by atoms with E-state index in [1.54, 1.807) is 12.1 Å². The third-order valence-electron chi connectivity index (χ3n) is 3.87. The molecule has 2 heterocycles. The second-order valence-electron chi connectivity index (χ2n) is 5.33. The fourth-order valence-electron chi connectivity index (χ4n) is 2.86. The van der Waals surface area contributed by atoms with Crippen molar-refractivity contribution in [1.82, 2.24) is 4.90 Å². The van der Waals surface area contributed by atoms with Crippen molar-refractivity contribution in [2.24, 2.45) is 5.92 Å². The average molecular weight is 297 g/mol. The van der Waals surface area contributed by atoms with Crippen LogP contribution in [0.2, 0.25) is 0 Å². The van der Waals surface area contributed by atoms with E-state index in [9.17, 15) is 14.4 Å². The third kappa shape index (κ3) is 2.35. The van der Waals surface area contributed by atoms with Crippen LogP contribution < -0.4 is 0 Å². The van der Waals surface area contributed by atoms with Crippen LogP contribution in [0.25, 0.3) is 0 Å². The first-order chi connectivity index (χ1) is 10.6. The molecule has 1 amide bonds. The van der Waals surface area contributed by atoms with E-state index in [0.29, 0.717) is 5.76 Å². The molecule has 0 bridgehead atoms. The Kier molecular flexibility index (Phi) is 3.63. The van der Waals surface area contributed by atoms with Gasteiger partial charge in [0.25, 0.3) is 5.91 Å². The molecule has 3 rings (SSSR count). The number of furan rings is 1. The minimum atomic E-state index is -0.998. The Bertz CT molecular complexity index is 706. The van der Waals surface area contributed by atoms with Crippen molar-refractivity contribution in [3.8, 4) is 0 Å². The van der Waals surface area contributed by atoms with Gasteiger partial charge in [0.05, 0.1) is 6.26 Å². The van der Waals surface area contributed by atoms with E-state index in [-0.39, 0.29) is 12.3 Å². The Hall–Kier alpha value is -2.69. The Morgan fingerprint density at radius 1 is 1.14 bits per heavy atom. The predicted molar refractivity (Wildman–Crippen MR) is 77.6 cm³/mol. The summed E-state index contributed by atoms with van der Waals surface area (Å²) in [6, 6.07) is 12.0. The monoisotopic (exact) mass is 297 g/mol. The van der Waals surface area contributed by atoms with E-state index in [0.717, 1.165) is 5.56 Å². The second kappa shape index (κ2) is 5.60. The lowest BCUT2D eigenvalue weighted by Crippen LogP contribution is -2.29. The van der Waals surface area contributed by atoms with Gasteiger partial charge in [-0.05, 0) is 24.6 Å². The molecule has 1 fully saturated rings. The number of rotatable bonds is 4. The van der Waals surface area contributed by atoms with Gasteiger partial charge in [0.1, 0.15) is 23.5 Å². The van der Waals surface area contributed by atoms with Gasteiger partial charge in [-0.3, -0.25) is 14.4 Å². The number of hydrogen-bond donors (Lipinski definition) is 0. The zero-order valence-corrected chi connectivity index (χ0v) is 12.1. The molecule has 1 aliphatic rings. The van der Waals surface area contributed by atoms with Gasteiger partial charge in [-0.2, -0.15) is 0 Å². The highest BCUT2D eigenvalue weighted by atomic mass is 16.3. The maximum Gasteiger partial charge on any atom is 0.291 e. The molecule has 2 unspecified atom stereocenters. The number of nitrogens with zero attached hydrogens (tertiary/aromatic N) is 1. The molecule has 1 aliphatic heterocycles. The number of ketones is 2. The first-order valence-electron chi connectivity index (χ1n) is 7.02. The Morgan fingerprint density at radius 2 is 1.86 bits per heavy atom. The normalized spacial score (nSPS) is 21.4.